The molecule has 0 aromatic heterocycles. The second-order valence-electron chi connectivity index (χ2n) is 5.50. The maximum absolute atomic E-state index is 5.71. The first kappa shape index (κ1) is 12.4. The van der Waals surface area contributed by atoms with Crippen molar-refractivity contribution in [3.8, 4) is 0 Å². The number of anilines is 1. The minimum absolute atomic E-state index is 0.638. The smallest absolute Gasteiger partial charge is 0.0369 e. The van der Waals surface area contributed by atoms with E-state index in [1.807, 2.05) is 0 Å². The molecular weight excluding hydrogens is 208 g/mol. The maximum Gasteiger partial charge on any atom is 0.0369 e. The van der Waals surface area contributed by atoms with Gasteiger partial charge in [-0.15, -0.1) is 0 Å². The predicted octanol–water partition coefficient (Wildman–Crippen LogP) is 2.94. The van der Waals surface area contributed by atoms with E-state index >= 15 is 0 Å². The van der Waals surface area contributed by atoms with Gasteiger partial charge < -0.3 is 10.6 Å². The van der Waals surface area contributed by atoms with Gasteiger partial charge in [0.05, 0.1) is 0 Å². The van der Waals surface area contributed by atoms with Crippen LogP contribution >= 0.6 is 0 Å². The van der Waals surface area contributed by atoms with E-state index in [2.05, 4.69) is 43.9 Å². The molecule has 1 saturated heterocycles. The lowest BCUT2D eigenvalue weighted by Crippen LogP contribution is -2.38. The van der Waals surface area contributed by atoms with Gasteiger partial charge in [-0.3, -0.25) is 0 Å². The molecule has 2 N–H and O–H groups in total. The molecule has 1 aliphatic rings. The van der Waals surface area contributed by atoms with Crippen molar-refractivity contribution in [1.82, 2.24) is 0 Å². The summed E-state index contributed by atoms with van der Waals surface area (Å²) in [5.41, 5.74) is 9.64. The molecule has 0 spiro atoms. The minimum atomic E-state index is 0.638. The predicted molar refractivity (Wildman–Crippen MR) is 74.2 cm³/mol. The Kier molecular flexibility index (Phi) is 3.72. The van der Waals surface area contributed by atoms with Crippen molar-refractivity contribution >= 4 is 5.69 Å². The van der Waals surface area contributed by atoms with Crippen molar-refractivity contribution < 1.29 is 0 Å². The van der Waals surface area contributed by atoms with Gasteiger partial charge in [0.2, 0.25) is 0 Å². The Bertz CT molecular complexity index is 387. The van der Waals surface area contributed by atoms with E-state index < -0.39 is 0 Å². The summed E-state index contributed by atoms with van der Waals surface area (Å²) in [5.74, 6) is 1.65. The zero-order valence-corrected chi connectivity index (χ0v) is 11.2. The van der Waals surface area contributed by atoms with Gasteiger partial charge in [-0.05, 0) is 48.4 Å². The number of benzene rings is 1. The number of hydrogen-bond acceptors (Lipinski definition) is 2. The Morgan fingerprint density at radius 2 is 2.06 bits per heavy atom. The number of aryl methyl sites for hydroxylation is 1. The summed E-state index contributed by atoms with van der Waals surface area (Å²) in [6.45, 7) is 9.89. The van der Waals surface area contributed by atoms with E-state index in [9.17, 15) is 0 Å². The molecule has 2 heteroatoms. The lowest BCUT2D eigenvalue weighted by atomic mass is 9.88. The third-order valence-electron chi connectivity index (χ3n) is 4.25. The highest BCUT2D eigenvalue weighted by atomic mass is 15.1. The van der Waals surface area contributed by atoms with Crippen molar-refractivity contribution in [1.29, 1.82) is 0 Å². The molecule has 0 radical (unpaired) electrons. The average Bonchev–Trinajstić information content (AvgIpc) is 2.32. The Labute approximate surface area is 105 Å². The zero-order chi connectivity index (χ0) is 12.4. The molecule has 17 heavy (non-hydrogen) atoms. The van der Waals surface area contributed by atoms with Gasteiger partial charge >= 0.3 is 0 Å². The van der Waals surface area contributed by atoms with E-state index in [-0.39, 0.29) is 0 Å². The first-order chi connectivity index (χ1) is 8.11. The lowest BCUT2D eigenvalue weighted by Gasteiger charge is -2.37. The SMILES string of the molecule is Cc1cc(N2CCC(C)C(C)C2)ccc1CN. The monoisotopic (exact) mass is 232 g/mol. The van der Waals surface area contributed by atoms with Crippen LogP contribution in [0.5, 0.6) is 0 Å². The van der Waals surface area contributed by atoms with Crippen molar-refractivity contribution in [3.63, 3.8) is 0 Å². The maximum atomic E-state index is 5.71. The normalized spacial score (nSPS) is 25.1. The van der Waals surface area contributed by atoms with Crippen LogP contribution in [0.2, 0.25) is 0 Å². The highest BCUT2D eigenvalue weighted by molar-refractivity contribution is 5.51. The molecule has 1 aromatic carbocycles. The van der Waals surface area contributed by atoms with Gasteiger partial charge in [0.25, 0.3) is 0 Å². The molecule has 0 bridgehead atoms. The first-order valence-electron chi connectivity index (χ1n) is 6.66. The Hall–Kier alpha value is -1.02. The van der Waals surface area contributed by atoms with Crippen molar-refractivity contribution in [3.05, 3.63) is 29.3 Å². The van der Waals surface area contributed by atoms with Gasteiger partial charge in [-0.2, -0.15) is 0 Å². The summed E-state index contributed by atoms with van der Waals surface area (Å²) in [7, 11) is 0. The van der Waals surface area contributed by atoms with Crippen LogP contribution in [0, 0.1) is 18.8 Å². The van der Waals surface area contributed by atoms with E-state index in [0.29, 0.717) is 6.54 Å². The molecule has 1 fully saturated rings. The van der Waals surface area contributed by atoms with Crippen LogP contribution in [0.1, 0.15) is 31.4 Å². The summed E-state index contributed by atoms with van der Waals surface area (Å²) in [6, 6.07) is 6.68. The Morgan fingerprint density at radius 1 is 1.29 bits per heavy atom. The lowest BCUT2D eigenvalue weighted by molar-refractivity contribution is 0.324. The molecular formula is C15H24N2. The Morgan fingerprint density at radius 3 is 2.65 bits per heavy atom. The molecule has 0 aliphatic carbocycles. The fourth-order valence-electron chi connectivity index (χ4n) is 2.60. The summed E-state index contributed by atoms with van der Waals surface area (Å²) in [6.07, 6.45) is 1.30. The molecule has 1 heterocycles. The summed E-state index contributed by atoms with van der Waals surface area (Å²) in [4.78, 5) is 2.51. The standard InChI is InChI=1S/C15H24N2/c1-11-6-7-17(10-13(11)3)15-5-4-14(9-16)12(2)8-15/h4-5,8,11,13H,6-7,9-10,16H2,1-3H3. The van der Waals surface area contributed by atoms with Crippen LogP contribution < -0.4 is 10.6 Å². The van der Waals surface area contributed by atoms with Gasteiger partial charge in [0.15, 0.2) is 0 Å². The molecule has 94 valence electrons. The second kappa shape index (κ2) is 5.09. The van der Waals surface area contributed by atoms with Gasteiger partial charge in [-0.1, -0.05) is 19.9 Å². The molecule has 1 aliphatic heterocycles. The summed E-state index contributed by atoms with van der Waals surface area (Å²) < 4.78 is 0. The van der Waals surface area contributed by atoms with Gasteiger partial charge in [-0.25, -0.2) is 0 Å². The van der Waals surface area contributed by atoms with Crippen LogP contribution in [0.25, 0.3) is 0 Å². The third-order valence-corrected chi connectivity index (χ3v) is 4.25. The number of hydrogen-bond donors (Lipinski definition) is 1. The van der Waals surface area contributed by atoms with E-state index in [0.717, 1.165) is 11.8 Å². The number of piperidine rings is 1. The molecule has 0 amide bonds. The molecule has 2 atom stereocenters. The van der Waals surface area contributed by atoms with E-state index in [4.69, 9.17) is 5.73 Å². The second-order valence-corrected chi connectivity index (χ2v) is 5.50. The van der Waals surface area contributed by atoms with Crippen LogP contribution in [-0.4, -0.2) is 13.1 Å². The highest BCUT2D eigenvalue weighted by Crippen LogP contribution is 2.28. The largest absolute Gasteiger partial charge is 0.371 e. The van der Waals surface area contributed by atoms with Crippen molar-refractivity contribution in [2.75, 3.05) is 18.0 Å². The first-order valence-corrected chi connectivity index (χ1v) is 6.66. The van der Waals surface area contributed by atoms with Crippen LogP contribution in [-0.2, 0) is 6.54 Å². The number of nitrogens with zero attached hydrogens (tertiary/aromatic N) is 1. The van der Waals surface area contributed by atoms with Crippen molar-refractivity contribution in [2.24, 2.45) is 17.6 Å². The van der Waals surface area contributed by atoms with Gasteiger partial charge in [0, 0.05) is 25.3 Å². The molecule has 2 nitrogen and oxygen atoms in total. The summed E-state index contributed by atoms with van der Waals surface area (Å²) in [5, 5.41) is 0. The number of rotatable bonds is 2. The summed E-state index contributed by atoms with van der Waals surface area (Å²) >= 11 is 0. The fraction of sp³-hybridized carbons (Fsp3) is 0.600. The van der Waals surface area contributed by atoms with Gasteiger partial charge in [0.1, 0.15) is 0 Å². The van der Waals surface area contributed by atoms with Crippen LogP contribution in [0.15, 0.2) is 18.2 Å². The number of nitrogens with two attached hydrogens (primary N) is 1. The topological polar surface area (TPSA) is 29.3 Å². The van der Waals surface area contributed by atoms with Crippen molar-refractivity contribution in [2.45, 2.75) is 33.7 Å². The minimum Gasteiger partial charge on any atom is -0.371 e. The van der Waals surface area contributed by atoms with Crippen LogP contribution in [0.3, 0.4) is 0 Å². The molecule has 0 saturated carbocycles. The van der Waals surface area contributed by atoms with Crippen LogP contribution in [0.4, 0.5) is 5.69 Å². The molecule has 2 rings (SSSR count). The fourth-order valence-corrected chi connectivity index (χ4v) is 2.60. The third kappa shape index (κ3) is 2.63. The average molecular weight is 232 g/mol. The van der Waals surface area contributed by atoms with E-state index in [1.165, 1.54) is 36.3 Å². The Balaban J connectivity index is 2.15. The van der Waals surface area contributed by atoms with E-state index in [1.54, 1.807) is 0 Å². The zero-order valence-electron chi connectivity index (χ0n) is 11.2. The highest BCUT2D eigenvalue weighted by Gasteiger charge is 2.22. The molecule has 1 aromatic rings. The molecule has 2 unspecified atom stereocenters. The quantitative estimate of drug-likeness (QED) is 0.849.